The summed E-state index contributed by atoms with van der Waals surface area (Å²) in [6.07, 6.45) is 2.79. The van der Waals surface area contributed by atoms with Crippen LogP contribution in [0.3, 0.4) is 0 Å². The van der Waals surface area contributed by atoms with E-state index in [0.717, 1.165) is 0 Å². The van der Waals surface area contributed by atoms with Crippen LogP contribution >= 0.6 is 12.4 Å². The van der Waals surface area contributed by atoms with Gasteiger partial charge in [-0.2, -0.15) is 5.10 Å². The van der Waals surface area contributed by atoms with Gasteiger partial charge in [-0.3, -0.25) is 4.68 Å². The van der Waals surface area contributed by atoms with Gasteiger partial charge in [-0.05, 0) is 14.0 Å². The van der Waals surface area contributed by atoms with Gasteiger partial charge in [0.15, 0.2) is 0 Å². The van der Waals surface area contributed by atoms with Gasteiger partial charge in [0.1, 0.15) is 4.90 Å². The maximum atomic E-state index is 11.7. The molecule has 2 N–H and O–H groups in total. The molecular weight excluding hydrogens is 252 g/mol. The Hall–Kier alpha value is -0.630. The maximum absolute atomic E-state index is 11.7. The summed E-state index contributed by atoms with van der Waals surface area (Å²) >= 11 is 0. The predicted molar refractivity (Wildman–Crippen MR) is 64.2 cm³/mol. The van der Waals surface area contributed by atoms with Crippen molar-refractivity contribution in [2.45, 2.75) is 17.9 Å². The second kappa shape index (κ2) is 6.19. The minimum atomic E-state index is -3.42. The molecule has 6 nitrogen and oxygen atoms in total. The van der Waals surface area contributed by atoms with Crippen molar-refractivity contribution < 1.29 is 8.42 Å². The average Bonchev–Trinajstić information content (AvgIpc) is 2.62. The Morgan fingerprint density at radius 1 is 1.56 bits per heavy atom. The molecule has 0 radical (unpaired) electrons. The van der Waals surface area contributed by atoms with Crippen LogP contribution in [-0.4, -0.2) is 37.8 Å². The third kappa shape index (κ3) is 4.09. The molecule has 1 aromatic heterocycles. The van der Waals surface area contributed by atoms with Gasteiger partial charge in [-0.15, -0.1) is 12.4 Å². The second-order valence-corrected chi connectivity index (χ2v) is 5.16. The van der Waals surface area contributed by atoms with E-state index in [0.29, 0.717) is 6.54 Å². The van der Waals surface area contributed by atoms with Gasteiger partial charge in [0, 0.05) is 25.8 Å². The molecule has 0 bridgehead atoms. The number of aromatic nitrogens is 2. The van der Waals surface area contributed by atoms with Crippen molar-refractivity contribution in [1.29, 1.82) is 0 Å². The third-order valence-corrected chi connectivity index (χ3v) is 3.44. The second-order valence-electron chi connectivity index (χ2n) is 3.39. The van der Waals surface area contributed by atoms with Crippen LogP contribution < -0.4 is 10.0 Å². The van der Waals surface area contributed by atoms with Crippen LogP contribution in [0.2, 0.25) is 0 Å². The zero-order chi connectivity index (χ0) is 11.5. The molecule has 0 aromatic carbocycles. The fourth-order valence-corrected chi connectivity index (χ4v) is 2.07. The van der Waals surface area contributed by atoms with E-state index in [1.165, 1.54) is 17.1 Å². The molecule has 1 aromatic rings. The minimum absolute atomic E-state index is 0. The van der Waals surface area contributed by atoms with Gasteiger partial charge in [0.2, 0.25) is 10.0 Å². The summed E-state index contributed by atoms with van der Waals surface area (Å²) in [5.41, 5.74) is 0. The molecule has 0 aliphatic rings. The highest BCUT2D eigenvalue weighted by atomic mass is 35.5. The van der Waals surface area contributed by atoms with E-state index in [-0.39, 0.29) is 23.3 Å². The lowest BCUT2D eigenvalue weighted by Gasteiger charge is -2.10. The molecule has 1 unspecified atom stereocenters. The molecule has 1 atom stereocenters. The van der Waals surface area contributed by atoms with Gasteiger partial charge in [0.25, 0.3) is 0 Å². The van der Waals surface area contributed by atoms with Crippen molar-refractivity contribution in [3.8, 4) is 0 Å². The van der Waals surface area contributed by atoms with Gasteiger partial charge >= 0.3 is 0 Å². The van der Waals surface area contributed by atoms with Crippen molar-refractivity contribution >= 4 is 22.4 Å². The van der Waals surface area contributed by atoms with Crippen LogP contribution in [0.15, 0.2) is 17.3 Å². The number of nitrogens with zero attached hydrogens (tertiary/aromatic N) is 2. The molecule has 94 valence electrons. The monoisotopic (exact) mass is 268 g/mol. The summed E-state index contributed by atoms with van der Waals surface area (Å²) in [4.78, 5) is 0.188. The van der Waals surface area contributed by atoms with E-state index in [9.17, 15) is 8.42 Å². The Morgan fingerprint density at radius 2 is 2.19 bits per heavy atom. The molecule has 0 aliphatic carbocycles. The number of sulfonamides is 1. The molecule has 1 rings (SSSR count). The van der Waals surface area contributed by atoms with Crippen molar-refractivity contribution in [2.75, 3.05) is 13.6 Å². The highest BCUT2D eigenvalue weighted by Crippen LogP contribution is 2.05. The lowest BCUT2D eigenvalue weighted by atomic mass is 10.4. The molecule has 0 aliphatic heterocycles. The summed E-state index contributed by atoms with van der Waals surface area (Å²) < 4.78 is 27.3. The summed E-state index contributed by atoms with van der Waals surface area (Å²) in [6.45, 7) is 2.25. The largest absolute Gasteiger partial charge is 0.316 e. The number of hydrogen-bond acceptors (Lipinski definition) is 4. The lowest BCUT2D eigenvalue weighted by Crippen LogP contribution is -2.37. The lowest BCUT2D eigenvalue weighted by molar-refractivity contribution is 0.554. The highest BCUT2D eigenvalue weighted by Gasteiger charge is 2.16. The van der Waals surface area contributed by atoms with E-state index in [2.05, 4.69) is 15.1 Å². The van der Waals surface area contributed by atoms with E-state index in [4.69, 9.17) is 0 Å². The number of rotatable bonds is 5. The molecule has 0 spiro atoms. The van der Waals surface area contributed by atoms with Crippen LogP contribution in [0.5, 0.6) is 0 Å². The summed E-state index contributed by atoms with van der Waals surface area (Å²) in [7, 11) is 0.0387. The fraction of sp³-hybridized carbons (Fsp3) is 0.625. The number of halogens is 1. The summed E-state index contributed by atoms with van der Waals surface area (Å²) in [6, 6.07) is 0.0939. The third-order valence-electron chi connectivity index (χ3n) is 2.06. The van der Waals surface area contributed by atoms with Crippen molar-refractivity contribution in [1.82, 2.24) is 19.8 Å². The Balaban J connectivity index is 0.00000225. The van der Waals surface area contributed by atoms with Crippen molar-refractivity contribution in [3.05, 3.63) is 12.4 Å². The Bertz CT molecular complexity index is 417. The predicted octanol–water partition coefficient (Wildman–Crippen LogP) is -0.272. The van der Waals surface area contributed by atoms with E-state index < -0.39 is 10.0 Å². The SMILES string of the molecule is CNC(C)CNS(=O)(=O)c1cnn(C)c1.Cl. The van der Waals surface area contributed by atoms with Crippen LogP contribution in [0.1, 0.15) is 6.92 Å². The smallest absolute Gasteiger partial charge is 0.243 e. The maximum Gasteiger partial charge on any atom is 0.243 e. The number of hydrogen-bond donors (Lipinski definition) is 2. The normalized spacial score (nSPS) is 13.2. The molecule has 0 amide bonds. The first-order chi connectivity index (χ1) is 6.95. The minimum Gasteiger partial charge on any atom is -0.316 e. The van der Waals surface area contributed by atoms with E-state index in [1.54, 1.807) is 14.1 Å². The van der Waals surface area contributed by atoms with Crippen LogP contribution in [-0.2, 0) is 17.1 Å². The standard InChI is InChI=1S/C8H16N4O2S.ClH/c1-7(9-2)4-11-15(13,14)8-5-10-12(3)6-8;/h5-7,9,11H,4H2,1-3H3;1H. The van der Waals surface area contributed by atoms with Crippen LogP contribution in [0.25, 0.3) is 0 Å². The first-order valence-corrected chi connectivity index (χ1v) is 6.09. The first-order valence-electron chi connectivity index (χ1n) is 4.61. The number of nitrogens with one attached hydrogen (secondary N) is 2. The van der Waals surface area contributed by atoms with Gasteiger partial charge in [0.05, 0.1) is 6.20 Å². The number of likely N-dealkylation sites (N-methyl/N-ethyl adjacent to an activating group) is 1. The Morgan fingerprint density at radius 3 is 2.62 bits per heavy atom. The van der Waals surface area contributed by atoms with Gasteiger partial charge < -0.3 is 5.32 Å². The van der Waals surface area contributed by atoms with Crippen molar-refractivity contribution in [2.24, 2.45) is 7.05 Å². The topological polar surface area (TPSA) is 76.0 Å². The molecule has 0 saturated carbocycles. The molecule has 0 fully saturated rings. The zero-order valence-corrected chi connectivity index (χ0v) is 11.1. The average molecular weight is 269 g/mol. The zero-order valence-electron chi connectivity index (χ0n) is 9.47. The van der Waals surface area contributed by atoms with E-state index >= 15 is 0 Å². The molecule has 1 heterocycles. The summed E-state index contributed by atoms with van der Waals surface area (Å²) in [5, 5.41) is 6.76. The van der Waals surface area contributed by atoms with Crippen LogP contribution in [0, 0.1) is 0 Å². The molecule has 16 heavy (non-hydrogen) atoms. The quantitative estimate of drug-likeness (QED) is 0.771. The summed E-state index contributed by atoms with van der Waals surface area (Å²) in [5.74, 6) is 0. The molecule has 0 saturated heterocycles. The highest BCUT2D eigenvalue weighted by molar-refractivity contribution is 7.89. The van der Waals surface area contributed by atoms with E-state index in [1.807, 2.05) is 6.92 Å². The molecular formula is C8H17ClN4O2S. The Kier molecular flexibility index (Phi) is 5.95. The molecule has 8 heteroatoms. The first kappa shape index (κ1) is 15.4. The Labute approximate surface area is 102 Å². The fourth-order valence-electron chi connectivity index (χ4n) is 0.958. The van der Waals surface area contributed by atoms with Gasteiger partial charge in [-0.1, -0.05) is 0 Å². The van der Waals surface area contributed by atoms with Gasteiger partial charge in [-0.25, -0.2) is 13.1 Å². The van der Waals surface area contributed by atoms with Crippen LogP contribution in [0.4, 0.5) is 0 Å². The van der Waals surface area contributed by atoms with Crippen molar-refractivity contribution in [3.63, 3.8) is 0 Å². The number of aryl methyl sites for hydroxylation is 1.